The van der Waals surface area contributed by atoms with Crippen LogP contribution in [0.1, 0.15) is 0 Å². The summed E-state index contributed by atoms with van der Waals surface area (Å²) in [6.07, 6.45) is 0. The lowest BCUT2D eigenvalue weighted by atomic mass is 9.93. The lowest BCUT2D eigenvalue weighted by Gasteiger charge is -2.12. The Morgan fingerprint density at radius 3 is 1.39 bits per heavy atom. The van der Waals surface area contributed by atoms with Crippen LogP contribution in [-0.2, 0) is 0 Å². The molecule has 0 aliphatic rings. The van der Waals surface area contributed by atoms with Crippen LogP contribution in [0.25, 0.3) is 87.5 Å². The Kier molecular flexibility index (Phi) is 7.38. The third-order valence-corrected chi connectivity index (χ3v) is 10.2. The highest BCUT2D eigenvalue weighted by atomic mass is 32.1. The predicted octanol–water partition coefficient (Wildman–Crippen LogP) is 12.8. The Morgan fingerprint density at radius 1 is 0.327 bits per heavy atom. The van der Waals surface area contributed by atoms with Gasteiger partial charge in [0.2, 0.25) is 0 Å². The van der Waals surface area contributed by atoms with Crippen LogP contribution >= 0.6 is 11.3 Å². The monoisotopic (exact) mass is 642 g/mol. The molecule has 9 aromatic rings. The largest absolute Gasteiger partial charge is 0.227 e. The molecule has 9 rings (SSSR count). The van der Waals surface area contributed by atoms with Gasteiger partial charge in [-0.25, -0.2) is 9.97 Å². The maximum Gasteiger partial charge on any atom is 0.161 e. The van der Waals surface area contributed by atoms with E-state index in [4.69, 9.17) is 9.97 Å². The van der Waals surface area contributed by atoms with Gasteiger partial charge in [0.15, 0.2) is 5.82 Å². The minimum Gasteiger partial charge on any atom is -0.227 e. The summed E-state index contributed by atoms with van der Waals surface area (Å²) in [6, 6.07) is 64.6. The number of rotatable bonds is 6. The van der Waals surface area contributed by atoms with Gasteiger partial charge in [-0.2, -0.15) is 0 Å². The van der Waals surface area contributed by atoms with Crippen LogP contribution in [0.15, 0.2) is 182 Å². The smallest absolute Gasteiger partial charge is 0.161 e. The Balaban J connectivity index is 1.18. The van der Waals surface area contributed by atoms with E-state index in [2.05, 4.69) is 176 Å². The predicted molar refractivity (Wildman–Crippen MR) is 208 cm³/mol. The molecule has 0 saturated carbocycles. The Labute approximate surface area is 289 Å². The minimum absolute atomic E-state index is 0.735. The highest BCUT2D eigenvalue weighted by Crippen LogP contribution is 2.41. The second kappa shape index (κ2) is 12.5. The van der Waals surface area contributed by atoms with E-state index in [9.17, 15) is 0 Å². The van der Waals surface area contributed by atoms with Gasteiger partial charge >= 0.3 is 0 Å². The zero-order valence-electron chi connectivity index (χ0n) is 26.6. The van der Waals surface area contributed by atoms with Crippen molar-refractivity contribution in [2.45, 2.75) is 0 Å². The van der Waals surface area contributed by atoms with E-state index in [1.165, 1.54) is 43.5 Å². The van der Waals surface area contributed by atoms with Crippen LogP contribution in [0.4, 0.5) is 0 Å². The molecule has 7 aromatic carbocycles. The van der Waals surface area contributed by atoms with E-state index >= 15 is 0 Å². The third kappa shape index (κ3) is 5.61. The van der Waals surface area contributed by atoms with Crippen molar-refractivity contribution in [1.29, 1.82) is 0 Å². The Hall–Kier alpha value is -6.16. The molecule has 49 heavy (non-hydrogen) atoms. The third-order valence-electron chi connectivity index (χ3n) is 9.11. The van der Waals surface area contributed by atoms with Crippen LogP contribution in [0.2, 0.25) is 0 Å². The van der Waals surface area contributed by atoms with Gasteiger partial charge in [0.25, 0.3) is 0 Å². The van der Waals surface area contributed by atoms with Crippen LogP contribution in [-0.4, -0.2) is 9.97 Å². The molecule has 0 radical (unpaired) electrons. The first-order valence-electron chi connectivity index (χ1n) is 16.5. The SMILES string of the molecule is c1ccc(-c2cc(-c3ccccc3)cc(-c3ccc(-c4nc(-c5cccc(-c6ccccc6)c5)nc5sc6ccccc6c45)cc3)c2)cc1. The van der Waals surface area contributed by atoms with Crippen LogP contribution in [0.3, 0.4) is 0 Å². The zero-order chi connectivity index (χ0) is 32.6. The van der Waals surface area contributed by atoms with Gasteiger partial charge in [0, 0.05) is 26.6 Å². The Bertz CT molecular complexity index is 2510. The molecule has 0 atom stereocenters. The normalized spacial score (nSPS) is 11.3. The first-order chi connectivity index (χ1) is 24.3. The average molecular weight is 643 g/mol. The lowest BCUT2D eigenvalue weighted by Crippen LogP contribution is -1.94. The van der Waals surface area contributed by atoms with E-state index in [1.54, 1.807) is 11.3 Å². The highest BCUT2D eigenvalue weighted by Gasteiger charge is 2.17. The maximum atomic E-state index is 5.30. The second-order valence-electron chi connectivity index (χ2n) is 12.2. The summed E-state index contributed by atoms with van der Waals surface area (Å²) in [5, 5.41) is 2.29. The van der Waals surface area contributed by atoms with Crippen LogP contribution < -0.4 is 0 Å². The number of hydrogen-bond acceptors (Lipinski definition) is 3. The summed E-state index contributed by atoms with van der Waals surface area (Å²) < 4.78 is 1.21. The summed E-state index contributed by atoms with van der Waals surface area (Å²) in [7, 11) is 0. The van der Waals surface area contributed by atoms with E-state index < -0.39 is 0 Å². The quantitative estimate of drug-likeness (QED) is 0.180. The second-order valence-corrected chi connectivity index (χ2v) is 13.3. The van der Waals surface area contributed by atoms with Crippen molar-refractivity contribution in [2.24, 2.45) is 0 Å². The summed E-state index contributed by atoms with van der Waals surface area (Å²) in [4.78, 5) is 11.5. The van der Waals surface area contributed by atoms with E-state index in [0.717, 1.165) is 44.0 Å². The fraction of sp³-hybridized carbons (Fsp3) is 0. The summed E-state index contributed by atoms with van der Waals surface area (Å²) in [5.41, 5.74) is 12.5. The molecule has 0 aliphatic heterocycles. The molecule has 2 heterocycles. The lowest BCUT2D eigenvalue weighted by molar-refractivity contribution is 1.24. The average Bonchev–Trinajstić information content (AvgIpc) is 3.57. The standard InChI is InChI=1S/C46H30N2S/c1-4-13-31(14-5-1)36-19-12-20-37(27-36)45-47-44(43-41-21-10-11-22-42(41)49-46(43)48-45)35-25-23-34(24-26-35)40-29-38(32-15-6-2-7-16-32)28-39(30-40)33-17-8-3-9-18-33/h1-30H. The minimum atomic E-state index is 0.735. The number of aromatic nitrogens is 2. The molecule has 0 unspecified atom stereocenters. The number of benzene rings is 7. The molecule has 2 nitrogen and oxygen atoms in total. The van der Waals surface area contributed by atoms with Crippen molar-refractivity contribution in [2.75, 3.05) is 0 Å². The van der Waals surface area contributed by atoms with Gasteiger partial charge in [-0.15, -0.1) is 11.3 Å². The molecule has 0 fully saturated rings. The first-order valence-corrected chi connectivity index (χ1v) is 17.3. The molecule has 0 spiro atoms. The van der Waals surface area contributed by atoms with E-state index in [1.807, 2.05) is 6.07 Å². The molecule has 230 valence electrons. The van der Waals surface area contributed by atoms with Crippen molar-refractivity contribution >= 4 is 31.6 Å². The van der Waals surface area contributed by atoms with Gasteiger partial charge in [-0.1, -0.05) is 152 Å². The van der Waals surface area contributed by atoms with Gasteiger partial charge in [0.1, 0.15) is 4.83 Å². The molecule has 0 N–H and O–H groups in total. The van der Waals surface area contributed by atoms with Crippen LogP contribution in [0, 0.1) is 0 Å². The van der Waals surface area contributed by atoms with Gasteiger partial charge in [-0.05, 0) is 74.8 Å². The van der Waals surface area contributed by atoms with Crippen molar-refractivity contribution in [1.82, 2.24) is 9.97 Å². The first kappa shape index (κ1) is 29.0. The molecule has 0 amide bonds. The van der Waals surface area contributed by atoms with Gasteiger partial charge < -0.3 is 0 Å². The molecule has 0 saturated heterocycles. The number of hydrogen-bond donors (Lipinski definition) is 0. The summed E-state index contributed by atoms with van der Waals surface area (Å²) in [5.74, 6) is 0.735. The maximum absolute atomic E-state index is 5.30. The summed E-state index contributed by atoms with van der Waals surface area (Å²) in [6.45, 7) is 0. The molecule has 2 aromatic heterocycles. The number of fused-ring (bicyclic) bond motifs is 3. The summed E-state index contributed by atoms with van der Waals surface area (Å²) >= 11 is 1.73. The van der Waals surface area contributed by atoms with Crippen molar-refractivity contribution in [3.8, 4) is 67.2 Å². The number of thiophene rings is 1. The molecular weight excluding hydrogens is 613 g/mol. The molecule has 3 heteroatoms. The fourth-order valence-corrected chi connectivity index (χ4v) is 7.71. The Morgan fingerprint density at radius 2 is 0.776 bits per heavy atom. The van der Waals surface area contributed by atoms with E-state index in [0.29, 0.717) is 0 Å². The molecule has 0 aliphatic carbocycles. The van der Waals surface area contributed by atoms with Crippen molar-refractivity contribution < 1.29 is 0 Å². The van der Waals surface area contributed by atoms with E-state index in [-0.39, 0.29) is 0 Å². The topological polar surface area (TPSA) is 25.8 Å². The fourth-order valence-electron chi connectivity index (χ4n) is 6.64. The van der Waals surface area contributed by atoms with Gasteiger partial charge in [0.05, 0.1) is 5.69 Å². The zero-order valence-corrected chi connectivity index (χ0v) is 27.4. The highest BCUT2D eigenvalue weighted by molar-refractivity contribution is 7.25. The number of nitrogens with zero attached hydrogens (tertiary/aromatic N) is 2. The van der Waals surface area contributed by atoms with Crippen molar-refractivity contribution in [3.63, 3.8) is 0 Å². The van der Waals surface area contributed by atoms with Crippen molar-refractivity contribution in [3.05, 3.63) is 182 Å². The molecular formula is C46H30N2S. The van der Waals surface area contributed by atoms with Gasteiger partial charge in [-0.3, -0.25) is 0 Å². The molecule has 0 bridgehead atoms. The van der Waals surface area contributed by atoms with Crippen LogP contribution in [0.5, 0.6) is 0 Å².